The molecular weight excluding hydrogens is 412 g/mol. The summed E-state index contributed by atoms with van der Waals surface area (Å²) in [4.78, 5) is 2.96. The van der Waals surface area contributed by atoms with Gasteiger partial charge < -0.3 is 4.74 Å². The van der Waals surface area contributed by atoms with Crippen LogP contribution in [0.2, 0.25) is 13.1 Å². The van der Waals surface area contributed by atoms with Gasteiger partial charge >= 0.3 is 0 Å². The second-order valence-electron chi connectivity index (χ2n) is 9.25. The fraction of sp³-hybridized carbons (Fsp3) is 0.286. The summed E-state index contributed by atoms with van der Waals surface area (Å²) in [5.41, 5.74) is 8.65. The predicted molar refractivity (Wildman–Crippen MR) is 139 cm³/mol. The van der Waals surface area contributed by atoms with Crippen LogP contribution in [0.3, 0.4) is 0 Å². The van der Waals surface area contributed by atoms with Gasteiger partial charge in [-0.2, -0.15) is 0 Å². The molecule has 3 heteroatoms. The van der Waals surface area contributed by atoms with Crippen LogP contribution < -0.4 is 9.92 Å². The number of allylic oxidation sites excluding steroid dienone is 2. The maximum Gasteiger partial charge on any atom is 0.126 e. The summed E-state index contributed by atoms with van der Waals surface area (Å²) in [7, 11) is -1.99. The van der Waals surface area contributed by atoms with Crippen LogP contribution in [0.15, 0.2) is 66.8 Å². The number of fused-ring (bicyclic) bond motifs is 1. The maximum absolute atomic E-state index is 6.43. The van der Waals surface area contributed by atoms with E-state index >= 15 is 0 Å². The lowest BCUT2D eigenvalue weighted by Gasteiger charge is -2.34. The molecule has 1 aromatic heterocycles. The van der Waals surface area contributed by atoms with E-state index in [-0.39, 0.29) is 0 Å². The normalized spacial score (nSPS) is 15.9. The van der Waals surface area contributed by atoms with Gasteiger partial charge in [-0.05, 0) is 61.7 Å². The molecule has 0 aliphatic heterocycles. The fourth-order valence-electron chi connectivity index (χ4n) is 5.07. The molecule has 1 atom stereocenters. The molecule has 0 amide bonds. The molecule has 0 fully saturated rings. The first-order chi connectivity index (χ1) is 14.8. The SMILES string of the molecule is C=CCOc1c(-c2ccccc2)cc(C)cc1[Si](C)(C)C1C(C)=C(C)c2cc(C)sc21. The summed E-state index contributed by atoms with van der Waals surface area (Å²) in [6.45, 7) is 18.5. The van der Waals surface area contributed by atoms with Crippen molar-refractivity contribution in [1.29, 1.82) is 0 Å². The van der Waals surface area contributed by atoms with E-state index in [2.05, 4.69) is 95.9 Å². The van der Waals surface area contributed by atoms with E-state index in [0.717, 1.165) is 5.75 Å². The van der Waals surface area contributed by atoms with Gasteiger partial charge in [0.2, 0.25) is 0 Å². The number of aryl methyl sites for hydroxylation is 2. The Bertz CT molecular complexity index is 1170. The van der Waals surface area contributed by atoms with Gasteiger partial charge in [-0.1, -0.05) is 73.3 Å². The van der Waals surface area contributed by atoms with Crippen molar-refractivity contribution in [2.75, 3.05) is 6.61 Å². The van der Waals surface area contributed by atoms with Crippen LogP contribution in [-0.2, 0) is 0 Å². The zero-order valence-electron chi connectivity index (χ0n) is 19.5. The van der Waals surface area contributed by atoms with Crippen molar-refractivity contribution in [3.8, 4) is 16.9 Å². The molecule has 1 aliphatic carbocycles. The molecule has 1 aliphatic rings. The fourth-order valence-corrected chi connectivity index (χ4v) is 11.1. The maximum atomic E-state index is 6.43. The lowest BCUT2D eigenvalue weighted by Crippen LogP contribution is -2.48. The number of rotatable bonds is 6. The molecule has 0 radical (unpaired) electrons. The Kier molecular flexibility index (Phi) is 5.84. The molecule has 4 rings (SSSR count). The van der Waals surface area contributed by atoms with Crippen molar-refractivity contribution < 1.29 is 4.74 Å². The molecule has 0 spiro atoms. The van der Waals surface area contributed by atoms with E-state index in [9.17, 15) is 0 Å². The summed E-state index contributed by atoms with van der Waals surface area (Å²) < 4.78 is 6.43. The van der Waals surface area contributed by atoms with Gasteiger partial charge in [0.15, 0.2) is 0 Å². The lowest BCUT2D eigenvalue weighted by molar-refractivity contribution is 0.367. The van der Waals surface area contributed by atoms with Crippen LogP contribution in [0.25, 0.3) is 16.7 Å². The average molecular weight is 445 g/mol. The first kappa shape index (κ1) is 21.9. The summed E-state index contributed by atoms with van der Waals surface area (Å²) in [5.74, 6) is 1.04. The van der Waals surface area contributed by atoms with Gasteiger partial charge in [-0.15, -0.1) is 11.3 Å². The number of thiophene rings is 1. The smallest absolute Gasteiger partial charge is 0.126 e. The van der Waals surface area contributed by atoms with Crippen molar-refractivity contribution in [3.05, 3.63) is 87.6 Å². The van der Waals surface area contributed by atoms with Crippen LogP contribution in [0.4, 0.5) is 0 Å². The number of hydrogen-bond donors (Lipinski definition) is 0. The van der Waals surface area contributed by atoms with Gasteiger partial charge in [0, 0.05) is 20.9 Å². The number of benzene rings is 2. The first-order valence-electron chi connectivity index (χ1n) is 11.0. The summed E-state index contributed by atoms with van der Waals surface area (Å²) in [5, 5.41) is 1.41. The Morgan fingerprint density at radius 3 is 2.39 bits per heavy atom. The topological polar surface area (TPSA) is 9.23 Å². The average Bonchev–Trinajstić information content (AvgIpc) is 3.22. The molecule has 1 unspecified atom stereocenters. The molecule has 0 saturated carbocycles. The summed E-state index contributed by atoms with van der Waals surface area (Å²) >= 11 is 1.98. The molecule has 0 saturated heterocycles. The molecule has 0 N–H and O–H groups in total. The first-order valence-corrected chi connectivity index (χ1v) is 14.9. The Morgan fingerprint density at radius 2 is 1.71 bits per heavy atom. The molecule has 1 heterocycles. The molecule has 1 nitrogen and oxygen atoms in total. The Morgan fingerprint density at radius 1 is 1.00 bits per heavy atom. The monoisotopic (exact) mass is 444 g/mol. The third kappa shape index (κ3) is 3.75. The summed E-state index contributed by atoms with van der Waals surface area (Å²) in [6, 6.07) is 17.7. The molecule has 160 valence electrons. The van der Waals surface area contributed by atoms with Crippen molar-refractivity contribution in [2.45, 2.75) is 46.3 Å². The molecule has 2 aromatic carbocycles. The van der Waals surface area contributed by atoms with Gasteiger partial charge in [0.25, 0.3) is 0 Å². The third-order valence-electron chi connectivity index (χ3n) is 6.65. The van der Waals surface area contributed by atoms with Crippen LogP contribution in [-0.4, -0.2) is 14.7 Å². The van der Waals surface area contributed by atoms with Crippen LogP contribution in [0.5, 0.6) is 5.75 Å². The van der Waals surface area contributed by atoms with E-state index in [0.29, 0.717) is 12.1 Å². The highest BCUT2D eigenvalue weighted by Crippen LogP contribution is 2.50. The highest BCUT2D eigenvalue weighted by Gasteiger charge is 2.44. The van der Waals surface area contributed by atoms with Gasteiger partial charge in [-0.25, -0.2) is 0 Å². The Hall–Kier alpha value is -2.36. The highest BCUT2D eigenvalue weighted by molar-refractivity contribution is 7.13. The van der Waals surface area contributed by atoms with E-state index in [1.807, 2.05) is 17.4 Å². The minimum Gasteiger partial charge on any atom is -0.489 e. The second-order valence-corrected chi connectivity index (χ2v) is 15.1. The minimum atomic E-state index is -1.99. The Labute approximate surface area is 192 Å². The molecule has 0 bridgehead atoms. The van der Waals surface area contributed by atoms with E-state index < -0.39 is 8.07 Å². The van der Waals surface area contributed by atoms with Crippen molar-refractivity contribution in [3.63, 3.8) is 0 Å². The van der Waals surface area contributed by atoms with E-state index in [4.69, 9.17) is 4.74 Å². The summed E-state index contributed by atoms with van der Waals surface area (Å²) in [6.07, 6.45) is 1.85. The van der Waals surface area contributed by atoms with Crippen LogP contribution >= 0.6 is 11.3 Å². The quantitative estimate of drug-likeness (QED) is 0.280. The molecule has 3 aromatic rings. The van der Waals surface area contributed by atoms with Crippen LogP contribution in [0.1, 0.15) is 40.3 Å². The largest absolute Gasteiger partial charge is 0.489 e. The zero-order valence-corrected chi connectivity index (χ0v) is 21.3. The van der Waals surface area contributed by atoms with Crippen LogP contribution in [0, 0.1) is 13.8 Å². The van der Waals surface area contributed by atoms with Crippen molar-refractivity contribution in [1.82, 2.24) is 0 Å². The molecular formula is C28H32OSSi. The van der Waals surface area contributed by atoms with E-state index in [1.54, 1.807) is 4.88 Å². The third-order valence-corrected chi connectivity index (χ3v) is 11.9. The van der Waals surface area contributed by atoms with Crippen molar-refractivity contribution >= 4 is 30.2 Å². The number of hydrogen-bond acceptors (Lipinski definition) is 2. The standard InChI is InChI=1S/C28H32OSSi/c1-8-14-29-26-24(22-12-10-9-11-13-22)15-18(2)16-25(26)31(6,7)28-21(5)20(4)23-17-19(3)30-27(23)28/h8-13,15-17,28H,1,14H2,2-7H3. The van der Waals surface area contributed by atoms with Gasteiger partial charge in [0.1, 0.15) is 12.4 Å². The van der Waals surface area contributed by atoms with Crippen molar-refractivity contribution in [2.24, 2.45) is 0 Å². The number of ether oxygens (including phenoxy) is 1. The second kappa shape index (κ2) is 8.29. The van der Waals surface area contributed by atoms with E-state index in [1.165, 1.54) is 43.5 Å². The predicted octanol–water partition coefficient (Wildman–Crippen LogP) is 7.64. The zero-order chi connectivity index (χ0) is 22.3. The molecule has 31 heavy (non-hydrogen) atoms. The lowest BCUT2D eigenvalue weighted by atomic mass is 10.0. The Balaban J connectivity index is 1.94. The van der Waals surface area contributed by atoms with Gasteiger partial charge in [-0.3, -0.25) is 0 Å². The minimum absolute atomic E-state index is 0.484. The van der Waals surface area contributed by atoms with Gasteiger partial charge in [0.05, 0.1) is 8.07 Å². The highest BCUT2D eigenvalue weighted by atomic mass is 32.1.